The number of amides is 1. The van der Waals surface area contributed by atoms with Gasteiger partial charge in [-0.2, -0.15) is 5.10 Å². The molecule has 0 radical (unpaired) electrons. The molecule has 1 aliphatic carbocycles. The fraction of sp³-hybridized carbons (Fsp3) is 0.278. The van der Waals surface area contributed by atoms with Crippen LogP contribution in [0.2, 0.25) is 0 Å². The second-order valence-corrected chi connectivity index (χ2v) is 7.02. The summed E-state index contributed by atoms with van der Waals surface area (Å²) in [5.41, 5.74) is 4.12. The van der Waals surface area contributed by atoms with E-state index < -0.39 is 0 Å². The molecular weight excluding hydrogens is 320 g/mol. The van der Waals surface area contributed by atoms with E-state index >= 15 is 0 Å². The van der Waals surface area contributed by atoms with Gasteiger partial charge in [0.1, 0.15) is 5.69 Å². The minimum atomic E-state index is -0.0810. The maximum atomic E-state index is 12.4. The Labute approximate surface area is 144 Å². The molecule has 1 amide bonds. The normalized spacial score (nSPS) is 16.6. The molecule has 1 unspecified atom stereocenters. The number of nitrogens with one attached hydrogen (secondary N) is 2. The topological polar surface area (TPSA) is 70.7 Å². The Bertz CT molecular complexity index is 840. The zero-order chi connectivity index (χ0) is 16.4. The summed E-state index contributed by atoms with van der Waals surface area (Å²) in [4.78, 5) is 16.9. The molecule has 1 aliphatic rings. The third-order valence-electron chi connectivity index (χ3n) is 4.33. The number of aryl methyl sites for hydroxylation is 1. The Hall–Kier alpha value is -2.47. The number of aromatic amines is 1. The molecule has 2 aromatic heterocycles. The summed E-state index contributed by atoms with van der Waals surface area (Å²) in [5.74, 6) is -0.0810. The first-order valence-corrected chi connectivity index (χ1v) is 8.96. The van der Waals surface area contributed by atoms with E-state index in [2.05, 4.69) is 32.6 Å². The van der Waals surface area contributed by atoms with Crippen LogP contribution in [-0.2, 0) is 19.3 Å². The van der Waals surface area contributed by atoms with Gasteiger partial charge in [-0.3, -0.25) is 9.89 Å². The van der Waals surface area contributed by atoms with Crippen LogP contribution in [0.1, 0.15) is 38.7 Å². The van der Waals surface area contributed by atoms with E-state index in [1.54, 1.807) is 0 Å². The highest BCUT2D eigenvalue weighted by atomic mass is 32.1. The second-order valence-electron chi connectivity index (χ2n) is 6.08. The zero-order valence-electron chi connectivity index (χ0n) is 13.2. The number of hydrogen-bond donors (Lipinski definition) is 2. The van der Waals surface area contributed by atoms with Crippen LogP contribution in [0.25, 0.3) is 0 Å². The Morgan fingerprint density at radius 2 is 2.21 bits per heavy atom. The van der Waals surface area contributed by atoms with Gasteiger partial charge in [-0.1, -0.05) is 30.3 Å². The molecule has 4 rings (SSSR count). The predicted molar refractivity (Wildman–Crippen MR) is 93.2 cm³/mol. The number of H-pyrrole nitrogens is 1. The summed E-state index contributed by atoms with van der Waals surface area (Å²) >= 11 is 1.54. The predicted octanol–water partition coefficient (Wildman–Crippen LogP) is 2.74. The van der Waals surface area contributed by atoms with Crippen molar-refractivity contribution in [2.45, 2.75) is 31.7 Å². The number of nitrogens with zero attached hydrogens (tertiary/aromatic N) is 2. The maximum Gasteiger partial charge on any atom is 0.270 e. The van der Waals surface area contributed by atoms with Crippen LogP contribution in [-0.4, -0.2) is 27.1 Å². The van der Waals surface area contributed by atoms with Crippen molar-refractivity contribution in [2.24, 2.45) is 0 Å². The number of carbonyl (C=O) groups excluding carboxylic acids is 1. The van der Waals surface area contributed by atoms with Gasteiger partial charge >= 0.3 is 0 Å². The van der Waals surface area contributed by atoms with Crippen LogP contribution < -0.4 is 5.32 Å². The molecule has 0 saturated heterocycles. The molecule has 0 aliphatic heterocycles. The van der Waals surface area contributed by atoms with Crippen LogP contribution in [0.4, 0.5) is 0 Å². The molecule has 0 saturated carbocycles. The van der Waals surface area contributed by atoms with E-state index in [1.165, 1.54) is 28.2 Å². The third-order valence-corrected chi connectivity index (χ3v) is 5.18. The summed E-state index contributed by atoms with van der Waals surface area (Å²) in [7, 11) is 0. The SMILES string of the molecule is O=C(NC1CCc2[nH]ncc2C1)c1csc(Cc2ccccc2)n1. The monoisotopic (exact) mass is 338 g/mol. The average Bonchev–Trinajstić information content (AvgIpc) is 3.24. The molecule has 0 bridgehead atoms. The number of rotatable bonds is 4. The van der Waals surface area contributed by atoms with E-state index in [0.717, 1.165) is 30.7 Å². The van der Waals surface area contributed by atoms with Crippen molar-refractivity contribution in [2.75, 3.05) is 0 Å². The summed E-state index contributed by atoms with van der Waals surface area (Å²) in [6.07, 6.45) is 5.31. The number of thiazole rings is 1. The van der Waals surface area contributed by atoms with Crippen LogP contribution in [0.3, 0.4) is 0 Å². The Morgan fingerprint density at radius 3 is 3.08 bits per heavy atom. The van der Waals surface area contributed by atoms with Gasteiger partial charge in [0.05, 0.1) is 11.2 Å². The van der Waals surface area contributed by atoms with Crippen LogP contribution in [0, 0.1) is 0 Å². The third kappa shape index (κ3) is 3.23. The van der Waals surface area contributed by atoms with Crippen molar-refractivity contribution in [1.82, 2.24) is 20.5 Å². The maximum absolute atomic E-state index is 12.4. The highest BCUT2D eigenvalue weighted by molar-refractivity contribution is 7.09. The molecule has 1 atom stereocenters. The van der Waals surface area contributed by atoms with Crippen LogP contribution in [0.5, 0.6) is 0 Å². The summed E-state index contributed by atoms with van der Waals surface area (Å²) in [6.45, 7) is 0. The molecule has 0 fully saturated rings. The summed E-state index contributed by atoms with van der Waals surface area (Å²) in [6, 6.07) is 10.3. The zero-order valence-corrected chi connectivity index (χ0v) is 14.0. The van der Waals surface area contributed by atoms with Gasteiger partial charge in [-0.05, 0) is 30.4 Å². The smallest absolute Gasteiger partial charge is 0.270 e. The van der Waals surface area contributed by atoms with E-state index in [0.29, 0.717) is 5.69 Å². The Kier molecular flexibility index (Phi) is 4.13. The van der Waals surface area contributed by atoms with Crippen molar-refractivity contribution >= 4 is 17.2 Å². The number of carbonyl (C=O) groups is 1. The van der Waals surface area contributed by atoms with Gasteiger partial charge in [0, 0.05) is 23.5 Å². The van der Waals surface area contributed by atoms with Crippen molar-refractivity contribution < 1.29 is 4.79 Å². The average molecular weight is 338 g/mol. The Balaban J connectivity index is 1.39. The highest BCUT2D eigenvalue weighted by Crippen LogP contribution is 2.20. The summed E-state index contributed by atoms with van der Waals surface area (Å²) < 4.78 is 0. The largest absolute Gasteiger partial charge is 0.348 e. The van der Waals surface area contributed by atoms with Crippen molar-refractivity contribution in [3.8, 4) is 0 Å². The van der Waals surface area contributed by atoms with Gasteiger partial charge in [-0.15, -0.1) is 11.3 Å². The van der Waals surface area contributed by atoms with E-state index in [4.69, 9.17) is 0 Å². The standard InChI is InChI=1S/C18H18N4OS/c23-18(20-14-6-7-15-13(9-14)10-19-22-15)16-11-24-17(21-16)8-12-4-2-1-3-5-12/h1-5,10-11,14H,6-9H2,(H,19,22)(H,20,23). The van der Waals surface area contributed by atoms with Gasteiger partial charge in [0.2, 0.25) is 0 Å². The molecule has 2 N–H and O–H groups in total. The number of aromatic nitrogens is 3. The number of fused-ring (bicyclic) bond motifs is 1. The first-order chi connectivity index (χ1) is 11.8. The fourth-order valence-electron chi connectivity index (χ4n) is 3.07. The van der Waals surface area contributed by atoms with E-state index in [-0.39, 0.29) is 11.9 Å². The molecule has 122 valence electrons. The molecule has 2 heterocycles. The van der Waals surface area contributed by atoms with Gasteiger partial charge in [0.15, 0.2) is 0 Å². The second kappa shape index (κ2) is 6.57. The van der Waals surface area contributed by atoms with Gasteiger partial charge in [-0.25, -0.2) is 4.98 Å². The van der Waals surface area contributed by atoms with Gasteiger partial charge in [0.25, 0.3) is 5.91 Å². The quantitative estimate of drug-likeness (QED) is 0.768. The Morgan fingerprint density at radius 1 is 1.33 bits per heavy atom. The van der Waals surface area contributed by atoms with Gasteiger partial charge < -0.3 is 5.32 Å². The molecule has 5 nitrogen and oxygen atoms in total. The first kappa shape index (κ1) is 15.1. The van der Waals surface area contributed by atoms with Crippen molar-refractivity contribution in [3.63, 3.8) is 0 Å². The lowest BCUT2D eigenvalue weighted by Crippen LogP contribution is -2.38. The minimum Gasteiger partial charge on any atom is -0.348 e. The molecular formula is C18H18N4OS. The molecule has 0 spiro atoms. The van der Waals surface area contributed by atoms with E-state index in [9.17, 15) is 4.79 Å². The van der Waals surface area contributed by atoms with Crippen LogP contribution >= 0.6 is 11.3 Å². The minimum absolute atomic E-state index is 0.0810. The van der Waals surface area contributed by atoms with Crippen molar-refractivity contribution in [3.05, 3.63) is 69.4 Å². The van der Waals surface area contributed by atoms with Crippen molar-refractivity contribution in [1.29, 1.82) is 0 Å². The fourth-order valence-corrected chi connectivity index (χ4v) is 3.87. The lowest BCUT2D eigenvalue weighted by molar-refractivity contribution is 0.0929. The van der Waals surface area contributed by atoms with Crippen LogP contribution in [0.15, 0.2) is 41.9 Å². The lowest BCUT2D eigenvalue weighted by Gasteiger charge is -2.22. The highest BCUT2D eigenvalue weighted by Gasteiger charge is 2.22. The molecule has 6 heteroatoms. The molecule has 1 aromatic carbocycles. The number of hydrogen-bond acceptors (Lipinski definition) is 4. The first-order valence-electron chi connectivity index (χ1n) is 8.08. The lowest BCUT2D eigenvalue weighted by atomic mass is 9.93. The summed E-state index contributed by atoms with van der Waals surface area (Å²) in [5, 5.41) is 13.0. The van der Waals surface area contributed by atoms with E-state index in [1.807, 2.05) is 29.8 Å². The number of benzene rings is 1. The molecule has 3 aromatic rings. The molecule has 24 heavy (non-hydrogen) atoms.